The zero-order chi connectivity index (χ0) is 26.2. The molecule has 0 fully saturated rings. The number of hydrogen-bond acceptors (Lipinski definition) is 7. The van der Waals surface area contributed by atoms with E-state index < -0.39 is 5.60 Å². The van der Waals surface area contributed by atoms with Crippen LogP contribution in [0, 0.1) is 0 Å². The van der Waals surface area contributed by atoms with Gasteiger partial charge in [-0.15, -0.1) is 0 Å². The lowest BCUT2D eigenvalue weighted by molar-refractivity contribution is -0.0895. The van der Waals surface area contributed by atoms with E-state index in [4.69, 9.17) is 40.6 Å². The SMILES string of the molecule is CCCCCNC(=S)COC1(CCC)COc2ccccc2OCCOCCOc2ccccc2OC1. The number of para-hydroxylation sites is 4. The first kappa shape index (κ1) is 29.0. The van der Waals surface area contributed by atoms with Gasteiger partial charge in [0.1, 0.15) is 37.0 Å². The molecule has 1 aliphatic rings. The predicted octanol–water partition coefficient (Wildman–Crippen LogP) is 5.59. The number of thiocarbonyl (C=S) groups is 1. The van der Waals surface area contributed by atoms with Gasteiger partial charge in [0.2, 0.25) is 0 Å². The summed E-state index contributed by atoms with van der Waals surface area (Å²) in [5, 5.41) is 3.32. The van der Waals surface area contributed by atoms with E-state index in [9.17, 15) is 0 Å². The lowest BCUT2D eigenvalue weighted by Gasteiger charge is -2.34. The van der Waals surface area contributed by atoms with E-state index in [1.54, 1.807) is 0 Å². The maximum absolute atomic E-state index is 6.51. The van der Waals surface area contributed by atoms with Crippen molar-refractivity contribution in [2.24, 2.45) is 0 Å². The summed E-state index contributed by atoms with van der Waals surface area (Å²) in [4.78, 5) is 0.686. The zero-order valence-electron chi connectivity index (χ0n) is 22.2. The Kier molecular flexibility index (Phi) is 12.8. The van der Waals surface area contributed by atoms with E-state index in [2.05, 4.69) is 19.2 Å². The molecule has 0 amide bonds. The summed E-state index contributed by atoms with van der Waals surface area (Å²) >= 11 is 5.57. The first-order valence-electron chi connectivity index (χ1n) is 13.3. The first-order chi connectivity index (χ1) is 18.2. The summed E-state index contributed by atoms with van der Waals surface area (Å²) in [5.74, 6) is 2.64. The lowest BCUT2D eigenvalue weighted by atomic mass is 9.99. The molecule has 37 heavy (non-hydrogen) atoms. The minimum atomic E-state index is -0.732. The van der Waals surface area contributed by atoms with Gasteiger partial charge >= 0.3 is 0 Å². The van der Waals surface area contributed by atoms with Gasteiger partial charge in [-0.1, -0.05) is 69.6 Å². The van der Waals surface area contributed by atoms with Gasteiger partial charge in [0.25, 0.3) is 0 Å². The second-order valence-corrected chi connectivity index (χ2v) is 9.55. The van der Waals surface area contributed by atoms with Crippen LogP contribution in [0.25, 0.3) is 0 Å². The topological polar surface area (TPSA) is 67.4 Å². The molecule has 1 heterocycles. The maximum Gasteiger partial charge on any atom is 0.161 e. The third kappa shape index (κ3) is 10.0. The lowest BCUT2D eigenvalue weighted by Crippen LogP contribution is -2.47. The van der Waals surface area contributed by atoms with Crippen LogP contribution >= 0.6 is 12.2 Å². The smallest absolute Gasteiger partial charge is 0.161 e. The van der Waals surface area contributed by atoms with Crippen molar-refractivity contribution in [2.75, 3.05) is 52.8 Å². The molecule has 0 saturated heterocycles. The molecule has 0 atom stereocenters. The third-order valence-corrected chi connectivity index (χ3v) is 6.23. The Morgan fingerprint density at radius 2 is 1.32 bits per heavy atom. The second kappa shape index (κ2) is 16.3. The van der Waals surface area contributed by atoms with Crippen molar-refractivity contribution in [3.63, 3.8) is 0 Å². The van der Waals surface area contributed by atoms with Gasteiger partial charge in [0.05, 0.1) is 19.8 Å². The van der Waals surface area contributed by atoms with Crippen molar-refractivity contribution in [3.8, 4) is 23.0 Å². The molecular weight excluding hydrogens is 490 g/mol. The summed E-state index contributed by atoms with van der Waals surface area (Å²) in [6, 6.07) is 15.3. The molecular formula is C29H41NO6S. The number of fused-ring (bicyclic) bond motifs is 2. The second-order valence-electron chi connectivity index (χ2n) is 9.06. The molecule has 3 rings (SSSR count). The molecule has 0 saturated carbocycles. The average Bonchev–Trinajstić information content (AvgIpc) is 2.92. The molecule has 0 unspecified atom stereocenters. The van der Waals surface area contributed by atoms with Crippen LogP contribution in [0.3, 0.4) is 0 Å². The zero-order valence-corrected chi connectivity index (χ0v) is 23.0. The molecule has 204 valence electrons. The van der Waals surface area contributed by atoms with Crippen LogP contribution in [-0.4, -0.2) is 63.4 Å². The molecule has 0 aliphatic carbocycles. The molecule has 2 aromatic carbocycles. The minimum Gasteiger partial charge on any atom is -0.487 e. The van der Waals surface area contributed by atoms with Gasteiger partial charge in [-0.3, -0.25) is 0 Å². The highest BCUT2D eigenvalue weighted by Gasteiger charge is 2.34. The van der Waals surface area contributed by atoms with Gasteiger partial charge in [0.15, 0.2) is 23.0 Å². The predicted molar refractivity (Wildman–Crippen MR) is 149 cm³/mol. The number of ether oxygens (including phenoxy) is 6. The molecule has 8 heteroatoms. The van der Waals surface area contributed by atoms with E-state index in [1.807, 2.05) is 48.5 Å². The van der Waals surface area contributed by atoms with E-state index in [0.29, 0.717) is 61.0 Å². The number of rotatable bonds is 9. The number of unbranched alkanes of at least 4 members (excludes halogenated alkanes) is 2. The highest BCUT2D eigenvalue weighted by molar-refractivity contribution is 7.80. The Morgan fingerprint density at radius 3 is 1.84 bits per heavy atom. The summed E-state index contributed by atoms with van der Waals surface area (Å²) in [6.45, 7) is 7.72. The Labute approximate surface area is 226 Å². The highest BCUT2D eigenvalue weighted by atomic mass is 32.1. The normalized spacial score (nSPS) is 16.1. The van der Waals surface area contributed by atoms with Crippen LogP contribution in [-0.2, 0) is 9.47 Å². The molecule has 2 aromatic rings. The van der Waals surface area contributed by atoms with E-state index >= 15 is 0 Å². The van der Waals surface area contributed by atoms with Crippen molar-refractivity contribution in [3.05, 3.63) is 48.5 Å². The molecule has 1 N–H and O–H groups in total. The Hall–Kier alpha value is -2.55. The van der Waals surface area contributed by atoms with Gasteiger partial charge < -0.3 is 33.7 Å². The molecule has 0 bridgehead atoms. The van der Waals surface area contributed by atoms with E-state index in [-0.39, 0.29) is 13.2 Å². The van der Waals surface area contributed by atoms with Crippen molar-refractivity contribution in [1.82, 2.24) is 5.32 Å². The molecule has 0 aromatic heterocycles. The van der Waals surface area contributed by atoms with Crippen LogP contribution in [0.5, 0.6) is 23.0 Å². The van der Waals surface area contributed by atoms with Gasteiger partial charge in [-0.2, -0.15) is 0 Å². The Balaban J connectivity index is 1.80. The van der Waals surface area contributed by atoms with Gasteiger partial charge in [-0.05, 0) is 37.1 Å². The van der Waals surface area contributed by atoms with E-state index in [1.165, 1.54) is 12.8 Å². The summed E-state index contributed by atoms with van der Waals surface area (Å²) < 4.78 is 36.7. The Morgan fingerprint density at radius 1 is 0.784 bits per heavy atom. The van der Waals surface area contributed by atoms with Crippen molar-refractivity contribution in [2.45, 2.75) is 51.6 Å². The van der Waals surface area contributed by atoms with Gasteiger partial charge in [-0.25, -0.2) is 0 Å². The largest absolute Gasteiger partial charge is 0.487 e. The standard InChI is InChI=1S/C29H41NO6S/c1-3-5-10-16-30-28(37)21-36-29(15-4-2)22-34-26-13-8-6-11-24(26)32-19-17-31-18-20-33-25-12-7-9-14-27(25)35-23-29/h6-9,11-14H,3-5,10,15-23H2,1-2H3,(H,30,37). The van der Waals surface area contributed by atoms with Crippen LogP contribution in [0.1, 0.15) is 46.0 Å². The van der Waals surface area contributed by atoms with Crippen LogP contribution in [0.4, 0.5) is 0 Å². The number of nitrogens with one attached hydrogen (secondary N) is 1. The fraction of sp³-hybridized carbons (Fsp3) is 0.552. The maximum atomic E-state index is 6.51. The van der Waals surface area contributed by atoms with Crippen LogP contribution in [0.2, 0.25) is 0 Å². The van der Waals surface area contributed by atoms with Crippen molar-refractivity contribution >= 4 is 17.2 Å². The molecule has 0 radical (unpaired) electrons. The summed E-state index contributed by atoms with van der Waals surface area (Å²) in [5.41, 5.74) is -0.732. The minimum absolute atomic E-state index is 0.277. The first-order valence-corrected chi connectivity index (χ1v) is 13.7. The number of benzene rings is 2. The van der Waals surface area contributed by atoms with Crippen molar-refractivity contribution in [1.29, 1.82) is 0 Å². The monoisotopic (exact) mass is 531 g/mol. The number of hydrogen-bond donors (Lipinski definition) is 1. The summed E-state index contributed by atoms with van der Waals surface area (Å²) in [6.07, 6.45) is 5.04. The van der Waals surface area contributed by atoms with Crippen LogP contribution < -0.4 is 24.3 Å². The Bertz CT molecular complexity index is 885. The average molecular weight is 532 g/mol. The van der Waals surface area contributed by atoms with Gasteiger partial charge in [0, 0.05) is 6.54 Å². The summed E-state index contributed by atoms with van der Waals surface area (Å²) in [7, 11) is 0. The van der Waals surface area contributed by atoms with Crippen LogP contribution in [0.15, 0.2) is 48.5 Å². The quantitative estimate of drug-likeness (QED) is 0.332. The van der Waals surface area contributed by atoms with E-state index in [0.717, 1.165) is 25.8 Å². The fourth-order valence-electron chi connectivity index (χ4n) is 3.99. The fourth-order valence-corrected chi connectivity index (χ4v) is 4.15. The molecule has 7 nitrogen and oxygen atoms in total. The van der Waals surface area contributed by atoms with Crippen molar-refractivity contribution < 1.29 is 28.4 Å². The molecule has 0 spiro atoms. The highest BCUT2D eigenvalue weighted by Crippen LogP contribution is 2.32. The molecule has 1 aliphatic heterocycles. The third-order valence-electron chi connectivity index (χ3n) is 5.97.